The van der Waals surface area contributed by atoms with Crippen LogP contribution in [0.25, 0.3) is 0 Å². The normalized spacial score (nSPS) is 18.2. The number of nitrogens with one attached hydrogen (secondary N) is 4. The molecule has 2 aromatic carbocycles. The topological polar surface area (TPSA) is 104 Å². The molecule has 0 radical (unpaired) electrons. The van der Waals surface area contributed by atoms with Crippen molar-refractivity contribution in [3.05, 3.63) is 71.3 Å². The number of carbonyl (C=O) groups is 1. The number of nitrogens with zero attached hydrogens (tertiary/aromatic N) is 3. The second-order valence-electron chi connectivity index (χ2n) is 9.81. The fraction of sp³-hybridized carbons (Fsp3) is 0.429. The maximum Gasteiger partial charge on any atom is 0.416 e. The van der Waals surface area contributed by atoms with Gasteiger partial charge >= 0.3 is 6.18 Å². The van der Waals surface area contributed by atoms with Gasteiger partial charge in [-0.25, -0.2) is 0 Å². The van der Waals surface area contributed by atoms with Gasteiger partial charge in [-0.1, -0.05) is 55.5 Å². The minimum absolute atomic E-state index is 0.0615. The lowest BCUT2D eigenvalue weighted by atomic mass is 9.85. The molecule has 3 aromatic rings. The monoisotopic (exact) mass is 541 g/mol. The van der Waals surface area contributed by atoms with E-state index < -0.39 is 11.7 Å². The number of halogens is 3. The number of hydrogen-bond donors (Lipinski definition) is 4. The van der Waals surface area contributed by atoms with E-state index in [2.05, 4.69) is 55.3 Å². The van der Waals surface area contributed by atoms with Gasteiger partial charge in [0, 0.05) is 32.1 Å². The number of carbonyl (C=O) groups excluding carboxylic acids is 1. The zero-order valence-corrected chi connectivity index (χ0v) is 22.1. The van der Waals surface area contributed by atoms with Gasteiger partial charge in [-0.15, -0.1) is 0 Å². The highest BCUT2D eigenvalue weighted by molar-refractivity contribution is 5.78. The van der Waals surface area contributed by atoms with Gasteiger partial charge in [0.1, 0.15) is 0 Å². The van der Waals surface area contributed by atoms with E-state index in [1.807, 2.05) is 18.2 Å². The summed E-state index contributed by atoms with van der Waals surface area (Å²) in [5.74, 6) is 1.15. The van der Waals surface area contributed by atoms with Gasteiger partial charge in [-0.05, 0) is 48.8 Å². The first-order valence-corrected chi connectivity index (χ1v) is 13.1. The van der Waals surface area contributed by atoms with Crippen LogP contribution in [0.1, 0.15) is 55.2 Å². The Labute approximate surface area is 226 Å². The number of aromatic nitrogens is 3. The Morgan fingerprint density at radius 3 is 2.26 bits per heavy atom. The fourth-order valence-corrected chi connectivity index (χ4v) is 4.74. The fourth-order valence-electron chi connectivity index (χ4n) is 4.74. The largest absolute Gasteiger partial charge is 0.416 e. The van der Waals surface area contributed by atoms with Crippen molar-refractivity contribution in [2.24, 2.45) is 5.92 Å². The molecule has 1 atom stereocenters. The third-order valence-corrected chi connectivity index (χ3v) is 7.00. The van der Waals surface area contributed by atoms with Crippen LogP contribution in [0.15, 0.2) is 54.6 Å². The van der Waals surface area contributed by atoms with Gasteiger partial charge in [0.25, 0.3) is 0 Å². The van der Waals surface area contributed by atoms with E-state index in [-0.39, 0.29) is 35.9 Å². The molecular weight excluding hydrogens is 507 g/mol. The van der Waals surface area contributed by atoms with Crippen LogP contribution < -0.4 is 21.3 Å². The van der Waals surface area contributed by atoms with Crippen LogP contribution >= 0.6 is 0 Å². The zero-order valence-electron chi connectivity index (χ0n) is 22.1. The smallest absolute Gasteiger partial charge is 0.357 e. The Morgan fingerprint density at radius 2 is 1.56 bits per heavy atom. The number of benzene rings is 2. The predicted octanol–water partition coefficient (Wildman–Crippen LogP) is 5.43. The molecule has 0 unspecified atom stereocenters. The SMILES string of the molecule is CNc1nc(NC[C@H](C)c2ccccc2)nc(NC2CCC(C(=O)NCc3ccccc3C(F)(F)F)CC2)n1. The highest BCUT2D eigenvalue weighted by Gasteiger charge is 2.33. The van der Waals surface area contributed by atoms with Crippen LogP contribution in [-0.2, 0) is 17.5 Å². The average Bonchev–Trinajstić information content (AvgIpc) is 2.95. The lowest BCUT2D eigenvalue weighted by molar-refractivity contribution is -0.138. The van der Waals surface area contributed by atoms with Gasteiger partial charge in [-0.3, -0.25) is 4.79 Å². The van der Waals surface area contributed by atoms with Crippen molar-refractivity contribution in [2.75, 3.05) is 29.5 Å². The van der Waals surface area contributed by atoms with Crippen molar-refractivity contribution in [2.45, 2.75) is 57.3 Å². The van der Waals surface area contributed by atoms with Gasteiger partial charge in [-0.2, -0.15) is 28.1 Å². The van der Waals surface area contributed by atoms with Crippen molar-refractivity contribution in [3.8, 4) is 0 Å². The van der Waals surface area contributed by atoms with Crippen molar-refractivity contribution in [3.63, 3.8) is 0 Å². The second kappa shape index (κ2) is 12.8. The van der Waals surface area contributed by atoms with Gasteiger partial charge in [0.15, 0.2) is 0 Å². The minimum atomic E-state index is -4.46. The third-order valence-electron chi connectivity index (χ3n) is 7.00. The molecule has 0 saturated heterocycles. The summed E-state index contributed by atoms with van der Waals surface area (Å²) in [6.07, 6.45) is -1.79. The number of amides is 1. The summed E-state index contributed by atoms with van der Waals surface area (Å²) in [5.41, 5.74) is 0.558. The number of hydrogen-bond acceptors (Lipinski definition) is 7. The summed E-state index contributed by atoms with van der Waals surface area (Å²) in [7, 11) is 1.74. The predicted molar refractivity (Wildman–Crippen MR) is 145 cm³/mol. The van der Waals surface area contributed by atoms with Crippen LogP contribution in [0.5, 0.6) is 0 Å². The van der Waals surface area contributed by atoms with Crippen LogP contribution in [-0.4, -0.2) is 40.5 Å². The summed E-state index contributed by atoms with van der Waals surface area (Å²) in [6.45, 7) is 2.64. The van der Waals surface area contributed by atoms with E-state index in [1.165, 1.54) is 17.7 Å². The van der Waals surface area contributed by atoms with E-state index in [0.29, 0.717) is 50.1 Å². The summed E-state index contributed by atoms with van der Waals surface area (Å²) in [6, 6.07) is 15.6. The highest BCUT2D eigenvalue weighted by atomic mass is 19.4. The summed E-state index contributed by atoms with van der Waals surface area (Å²) < 4.78 is 39.7. The molecule has 4 rings (SSSR count). The second-order valence-corrected chi connectivity index (χ2v) is 9.81. The van der Waals surface area contributed by atoms with E-state index in [0.717, 1.165) is 6.07 Å². The molecule has 0 bridgehead atoms. The average molecular weight is 542 g/mol. The molecule has 11 heteroatoms. The first-order valence-electron chi connectivity index (χ1n) is 13.1. The minimum Gasteiger partial charge on any atom is -0.357 e. The lowest BCUT2D eigenvalue weighted by Crippen LogP contribution is -2.36. The van der Waals surface area contributed by atoms with E-state index >= 15 is 0 Å². The molecule has 8 nitrogen and oxygen atoms in total. The van der Waals surface area contributed by atoms with Crippen LogP contribution in [0, 0.1) is 5.92 Å². The Balaban J connectivity index is 1.28. The van der Waals surface area contributed by atoms with E-state index in [9.17, 15) is 18.0 Å². The molecular formula is C28H34F3N7O. The van der Waals surface area contributed by atoms with Gasteiger partial charge < -0.3 is 21.3 Å². The molecule has 1 aromatic heterocycles. The molecule has 39 heavy (non-hydrogen) atoms. The molecule has 1 saturated carbocycles. The Kier molecular flexibility index (Phi) is 9.21. The first kappa shape index (κ1) is 28.1. The highest BCUT2D eigenvalue weighted by Crippen LogP contribution is 2.32. The summed E-state index contributed by atoms with van der Waals surface area (Å²) in [4.78, 5) is 26.0. The molecule has 4 N–H and O–H groups in total. The lowest BCUT2D eigenvalue weighted by Gasteiger charge is -2.28. The molecule has 1 amide bonds. The van der Waals surface area contributed by atoms with Crippen LogP contribution in [0.3, 0.4) is 0 Å². The van der Waals surface area contributed by atoms with E-state index in [4.69, 9.17) is 0 Å². The number of rotatable bonds is 10. The van der Waals surface area contributed by atoms with Crippen molar-refractivity contribution in [1.29, 1.82) is 0 Å². The Bertz CT molecular complexity index is 1230. The first-order chi connectivity index (χ1) is 18.7. The van der Waals surface area contributed by atoms with Crippen molar-refractivity contribution in [1.82, 2.24) is 20.3 Å². The molecule has 1 aliphatic rings. The summed E-state index contributed by atoms with van der Waals surface area (Å²) >= 11 is 0. The maximum atomic E-state index is 13.2. The quantitative estimate of drug-likeness (QED) is 0.271. The number of anilines is 3. The maximum absolute atomic E-state index is 13.2. The Hall–Kier alpha value is -3.89. The molecule has 1 fully saturated rings. The van der Waals surface area contributed by atoms with Crippen LogP contribution in [0.2, 0.25) is 0 Å². The van der Waals surface area contributed by atoms with E-state index in [1.54, 1.807) is 13.1 Å². The Morgan fingerprint density at radius 1 is 0.923 bits per heavy atom. The van der Waals surface area contributed by atoms with Gasteiger partial charge in [0.2, 0.25) is 23.8 Å². The molecule has 208 valence electrons. The standard InChI is InChI=1S/C28H34F3N7O/c1-18(19-8-4-3-5-9-19)16-34-26-36-25(32-2)37-27(38-26)35-22-14-12-20(13-15-22)24(39)33-17-21-10-6-7-11-23(21)28(29,30)31/h3-11,18,20,22H,12-17H2,1-2H3,(H,33,39)(H3,32,34,35,36,37,38)/t18-,20?,22?/m0/s1. The number of alkyl halides is 3. The summed E-state index contributed by atoms with van der Waals surface area (Å²) in [5, 5.41) is 12.3. The molecule has 0 aliphatic heterocycles. The zero-order chi connectivity index (χ0) is 27.8. The van der Waals surface area contributed by atoms with Crippen molar-refractivity contribution >= 4 is 23.8 Å². The molecule has 1 aliphatic carbocycles. The van der Waals surface area contributed by atoms with Crippen molar-refractivity contribution < 1.29 is 18.0 Å². The molecule has 1 heterocycles. The molecule has 0 spiro atoms. The van der Waals surface area contributed by atoms with Gasteiger partial charge in [0.05, 0.1) is 5.56 Å². The third kappa shape index (κ3) is 7.81. The van der Waals surface area contributed by atoms with Crippen LogP contribution in [0.4, 0.5) is 31.0 Å².